The van der Waals surface area contributed by atoms with Crippen LogP contribution in [0.15, 0.2) is 34.8 Å². The highest BCUT2D eigenvalue weighted by Crippen LogP contribution is 2.12. The van der Waals surface area contributed by atoms with Gasteiger partial charge in [-0.1, -0.05) is 40.2 Å². The fourth-order valence-electron chi connectivity index (χ4n) is 1.06. The van der Waals surface area contributed by atoms with Gasteiger partial charge >= 0.3 is 0 Å². The van der Waals surface area contributed by atoms with E-state index < -0.39 is 0 Å². The van der Waals surface area contributed by atoms with Gasteiger partial charge in [-0.15, -0.1) is 0 Å². The van der Waals surface area contributed by atoms with Gasteiger partial charge in [-0.2, -0.15) is 0 Å². The van der Waals surface area contributed by atoms with Crippen LogP contribution in [0.25, 0.3) is 6.08 Å². The second-order valence-electron chi connectivity index (χ2n) is 2.85. The lowest BCUT2D eigenvalue weighted by molar-refractivity contribution is 0.809. The van der Waals surface area contributed by atoms with Crippen LogP contribution in [-0.4, -0.2) is 13.6 Å². The third-order valence-corrected chi connectivity index (χ3v) is 2.21. The minimum absolute atomic E-state index is 1.03. The van der Waals surface area contributed by atoms with Crippen molar-refractivity contribution in [2.45, 2.75) is 6.42 Å². The van der Waals surface area contributed by atoms with Crippen LogP contribution in [0.4, 0.5) is 0 Å². The third-order valence-electron chi connectivity index (χ3n) is 1.72. The van der Waals surface area contributed by atoms with Crippen molar-refractivity contribution in [2.24, 2.45) is 0 Å². The number of hydrogen-bond acceptors (Lipinski definition) is 1. The molecule has 0 spiro atoms. The van der Waals surface area contributed by atoms with E-state index in [0.717, 1.165) is 17.4 Å². The van der Waals surface area contributed by atoms with Gasteiger partial charge in [-0.25, -0.2) is 0 Å². The van der Waals surface area contributed by atoms with Gasteiger partial charge in [-0.05, 0) is 37.7 Å². The Morgan fingerprint density at radius 2 is 2.31 bits per heavy atom. The molecule has 1 N–H and O–H groups in total. The van der Waals surface area contributed by atoms with Crippen molar-refractivity contribution in [3.8, 4) is 0 Å². The maximum atomic E-state index is 3.44. The van der Waals surface area contributed by atoms with Crippen molar-refractivity contribution in [2.75, 3.05) is 13.6 Å². The summed E-state index contributed by atoms with van der Waals surface area (Å²) in [6, 6.07) is 8.28. The molecule has 0 amide bonds. The molecule has 0 fully saturated rings. The first-order valence-corrected chi connectivity index (χ1v) is 5.19. The third kappa shape index (κ3) is 4.25. The quantitative estimate of drug-likeness (QED) is 0.797. The highest BCUT2D eigenvalue weighted by molar-refractivity contribution is 9.10. The molecule has 0 saturated heterocycles. The summed E-state index contributed by atoms with van der Waals surface area (Å²) in [5.41, 5.74) is 1.24. The van der Waals surface area contributed by atoms with Gasteiger partial charge in [0.25, 0.3) is 0 Å². The lowest BCUT2D eigenvalue weighted by Crippen LogP contribution is -2.05. The van der Waals surface area contributed by atoms with Crippen molar-refractivity contribution >= 4 is 22.0 Å². The lowest BCUT2D eigenvalue weighted by atomic mass is 10.2. The summed E-state index contributed by atoms with van der Waals surface area (Å²) >= 11 is 3.44. The van der Waals surface area contributed by atoms with Gasteiger partial charge in [0.1, 0.15) is 0 Å². The van der Waals surface area contributed by atoms with Gasteiger partial charge in [0.05, 0.1) is 0 Å². The minimum atomic E-state index is 1.03. The standard InChI is InChI=1S/C11H14BrN/c1-13-8-3-2-5-10-6-4-7-11(12)9-10/h2,4-7,9,13H,3,8H2,1H3. The van der Waals surface area contributed by atoms with Crippen LogP contribution in [0.2, 0.25) is 0 Å². The molecular formula is C11H14BrN. The average molecular weight is 240 g/mol. The zero-order chi connectivity index (χ0) is 9.52. The Labute approximate surface area is 88.0 Å². The van der Waals surface area contributed by atoms with E-state index in [9.17, 15) is 0 Å². The van der Waals surface area contributed by atoms with E-state index in [-0.39, 0.29) is 0 Å². The van der Waals surface area contributed by atoms with Gasteiger partial charge < -0.3 is 5.32 Å². The molecule has 0 aliphatic heterocycles. The Morgan fingerprint density at radius 1 is 1.46 bits per heavy atom. The summed E-state index contributed by atoms with van der Waals surface area (Å²) in [5, 5.41) is 3.10. The Kier molecular flexibility index (Phi) is 4.79. The summed E-state index contributed by atoms with van der Waals surface area (Å²) in [6.07, 6.45) is 5.39. The summed E-state index contributed by atoms with van der Waals surface area (Å²) in [6.45, 7) is 1.03. The van der Waals surface area contributed by atoms with Gasteiger partial charge in [0.15, 0.2) is 0 Å². The van der Waals surface area contributed by atoms with Gasteiger partial charge in [0.2, 0.25) is 0 Å². The minimum Gasteiger partial charge on any atom is -0.319 e. The second-order valence-corrected chi connectivity index (χ2v) is 3.77. The molecule has 13 heavy (non-hydrogen) atoms. The first kappa shape index (κ1) is 10.5. The summed E-state index contributed by atoms with van der Waals surface area (Å²) in [4.78, 5) is 0. The molecule has 70 valence electrons. The molecule has 1 aromatic rings. The van der Waals surface area contributed by atoms with Crippen LogP contribution >= 0.6 is 15.9 Å². The molecule has 0 unspecified atom stereocenters. The molecule has 2 heteroatoms. The molecule has 0 heterocycles. The van der Waals surface area contributed by atoms with Crippen molar-refractivity contribution in [1.82, 2.24) is 5.32 Å². The molecule has 0 aliphatic rings. The fourth-order valence-corrected chi connectivity index (χ4v) is 1.47. The monoisotopic (exact) mass is 239 g/mol. The maximum Gasteiger partial charge on any atom is 0.0181 e. The molecule has 0 saturated carbocycles. The Balaban J connectivity index is 2.48. The molecular weight excluding hydrogens is 226 g/mol. The van der Waals surface area contributed by atoms with Crippen molar-refractivity contribution in [3.63, 3.8) is 0 Å². The Hall–Kier alpha value is -0.600. The number of halogens is 1. The van der Waals surface area contributed by atoms with E-state index >= 15 is 0 Å². The molecule has 1 nitrogen and oxygen atoms in total. The van der Waals surface area contributed by atoms with E-state index in [4.69, 9.17) is 0 Å². The Bertz CT molecular complexity index is 281. The second kappa shape index (κ2) is 5.95. The van der Waals surface area contributed by atoms with Crippen LogP contribution in [0.1, 0.15) is 12.0 Å². The van der Waals surface area contributed by atoms with E-state index in [1.807, 2.05) is 19.2 Å². The number of hydrogen-bond donors (Lipinski definition) is 1. The molecule has 0 aromatic heterocycles. The van der Waals surface area contributed by atoms with Gasteiger partial charge in [-0.3, -0.25) is 0 Å². The summed E-state index contributed by atoms with van der Waals surface area (Å²) < 4.78 is 1.13. The molecule has 1 aromatic carbocycles. The highest BCUT2D eigenvalue weighted by atomic mass is 79.9. The smallest absolute Gasteiger partial charge is 0.0181 e. The van der Waals surface area contributed by atoms with E-state index in [1.54, 1.807) is 0 Å². The topological polar surface area (TPSA) is 12.0 Å². The highest BCUT2D eigenvalue weighted by Gasteiger charge is 1.87. The van der Waals surface area contributed by atoms with Gasteiger partial charge in [0, 0.05) is 4.47 Å². The van der Waals surface area contributed by atoms with Crippen LogP contribution in [0.5, 0.6) is 0 Å². The predicted molar refractivity (Wildman–Crippen MR) is 61.7 cm³/mol. The van der Waals surface area contributed by atoms with Crippen molar-refractivity contribution in [3.05, 3.63) is 40.4 Å². The molecule has 0 radical (unpaired) electrons. The predicted octanol–water partition coefficient (Wildman–Crippen LogP) is 3.07. The van der Waals surface area contributed by atoms with E-state index in [2.05, 4.69) is 45.5 Å². The zero-order valence-electron chi connectivity index (χ0n) is 7.76. The van der Waals surface area contributed by atoms with E-state index in [0.29, 0.717) is 0 Å². The first-order valence-electron chi connectivity index (χ1n) is 4.39. The van der Waals surface area contributed by atoms with E-state index in [1.165, 1.54) is 5.56 Å². The number of rotatable bonds is 4. The van der Waals surface area contributed by atoms with Crippen LogP contribution < -0.4 is 5.32 Å². The molecule has 0 atom stereocenters. The zero-order valence-corrected chi connectivity index (χ0v) is 9.34. The Morgan fingerprint density at radius 3 is 3.00 bits per heavy atom. The largest absolute Gasteiger partial charge is 0.319 e. The molecule has 0 aliphatic carbocycles. The number of benzene rings is 1. The molecule has 1 rings (SSSR count). The summed E-state index contributed by atoms with van der Waals surface area (Å²) in [7, 11) is 1.97. The van der Waals surface area contributed by atoms with Crippen molar-refractivity contribution in [1.29, 1.82) is 0 Å². The van der Waals surface area contributed by atoms with Crippen LogP contribution in [-0.2, 0) is 0 Å². The number of nitrogens with one attached hydrogen (secondary N) is 1. The van der Waals surface area contributed by atoms with Crippen molar-refractivity contribution < 1.29 is 0 Å². The average Bonchev–Trinajstić information content (AvgIpc) is 2.13. The SMILES string of the molecule is CNCCC=Cc1cccc(Br)c1. The summed E-state index contributed by atoms with van der Waals surface area (Å²) in [5.74, 6) is 0. The fraction of sp³-hybridized carbons (Fsp3) is 0.273. The van der Waals surface area contributed by atoms with Crippen LogP contribution in [0, 0.1) is 0 Å². The normalized spacial score (nSPS) is 10.9. The lowest BCUT2D eigenvalue weighted by Gasteiger charge is -1.94. The van der Waals surface area contributed by atoms with Crippen LogP contribution in [0.3, 0.4) is 0 Å². The maximum absolute atomic E-state index is 3.44. The first-order chi connectivity index (χ1) is 6.33. The molecule has 0 bridgehead atoms.